The Morgan fingerprint density at radius 3 is 2.00 bits per heavy atom. The molecule has 2 aliphatic rings. The molecule has 1 saturated carbocycles. The van der Waals surface area contributed by atoms with Crippen molar-refractivity contribution in [2.45, 2.75) is 52.1 Å². The molecule has 0 bridgehead atoms. The van der Waals surface area contributed by atoms with Crippen LogP contribution in [-0.2, 0) is 18.9 Å². The van der Waals surface area contributed by atoms with Crippen LogP contribution in [0, 0.1) is 18.5 Å². The summed E-state index contributed by atoms with van der Waals surface area (Å²) in [5, 5.41) is 0. The Labute approximate surface area is 103 Å². The number of rotatable bonds is 2. The Kier molecular flexibility index (Phi) is 6.78. The molecular weight excluding hydrogens is 220 g/mol. The second kappa shape index (κ2) is 7.85. The molecule has 4 nitrogen and oxygen atoms in total. The fraction of sp³-hybridized carbons (Fsp3) is 0.923. The molecule has 0 atom stereocenters. The first-order chi connectivity index (χ1) is 8.24. The van der Waals surface area contributed by atoms with Crippen molar-refractivity contribution in [1.29, 1.82) is 0 Å². The minimum atomic E-state index is -0.403. The van der Waals surface area contributed by atoms with E-state index in [2.05, 4.69) is 20.5 Å². The number of ether oxygens (including phenoxy) is 3. The molecule has 17 heavy (non-hydrogen) atoms. The van der Waals surface area contributed by atoms with Gasteiger partial charge in [0.25, 0.3) is 6.48 Å². The van der Waals surface area contributed by atoms with Gasteiger partial charge in [-0.25, -0.2) is 0 Å². The Morgan fingerprint density at radius 2 is 1.47 bits per heavy atom. The Morgan fingerprint density at radius 1 is 0.941 bits per heavy atom. The van der Waals surface area contributed by atoms with Crippen molar-refractivity contribution >= 4 is 0 Å². The predicted octanol–water partition coefficient (Wildman–Crippen LogP) is 2.51. The van der Waals surface area contributed by atoms with Crippen molar-refractivity contribution in [3.8, 4) is 0 Å². The van der Waals surface area contributed by atoms with E-state index in [-0.39, 0.29) is 0 Å². The summed E-state index contributed by atoms with van der Waals surface area (Å²) in [4.78, 5) is 0. The summed E-state index contributed by atoms with van der Waals surface area (Å²) in [7, 11) is 0. The van der Waals surface area contributed by atoms with Crippen LogP contribution in [0.4, 0.5) is 0 Å². The van der Waals surface area contributed by atoms with Crippen molar-refractivity contribution in [2.24, 2.45) is 11.8 Å². The Balaban J connectivity index is 0.000000686. The fourth-order valence-corrected chi connectivity index (χ4v) is 2.18. The van der Waals surface area contributed by atoms with Gasteiger partial charge in [-0.1, -0.05) is 13.8 Å². The number of hydrogen-bond acceptors (Lipinski definition) is 3. The van der Waals surface area contributed by atoms with Gasteiger partial charge in [0.05, 0.1) is 19.3 Å². The summed E-state index contributed by atoms with van der Waals surface area (Å²) in [5.74, 6) is 1.36. The van der Waals surface area contributed by atoms with Gasteiger partial charge in [0.15, 0.2) is 0 Å². The zero-order valence-electron chi connectivity index (χ0n) is 10.7. The molecule has 0 aromatic rings. The standard InChI is InChI=1S/C12H22O3.CO/c1-9-3-5-11(6-4-9)15-12-13-7-10(2)8-14-12;1-2/h9-12H,3-8H2,1-2H3;. The normalized spacial score (nSPS) is 37.9. The van der Waals surface area contributed by atoms with E-state index in [1.807, 2.05) is 0 Å². The Bertz CT molecular complexity index is 193. The van der Waals surface area contributed by atoms with Crippen molar-refractivity contribution in [3.05, 3.63) is 6.65 Å². The van der Waals surface area contributed by atoms with Gasteiger partial charge in [0.2, 0.25) is 0 Å². The topological polar surface area (TPSA) is 47.6 Å². The third kappa shape index (κ3) is 5.19. The summed E-state index contributed by atoms with van der Waals surface area (Å²) < 4.78 is 24.2. The molecule has 0 aromatic heterocycles. The molecule has 2 rings (SSSR count). The van der Waals surface area contributed by atoms with Gasteiger partial charge in [-0.05, 0) is 31.6 Å². The molecule has 0 spiro atoms. The summed E-state index contributed by atoms with van der Waals surface area (Å²) in [6.07, 6.45) is 5.20. The Hall–Kier alpha value is -0.380. The molecule has 1 aliphatic carbocycles. The van der Waals surface area contributed by atoms with Crippen LogP contribution in [0.1, 0.15) is 39.5 Å². The average molecular weight is 242 g/mol. The fourth-order valence-electron chi connectivity index (χ4n) is 2.18. The van der Waals surface area contributed by atoms with E-state index < -0.39 is 6.48 Å². The SMILES string of the molecule is CC1CCC(OC2OCC(C)CO2)CC1.[C-]#[O+]. The van der Waals surface area contributed by atoms with Crippen LogP contribution in [-0.4, -0.2) is 25.8 Å². The van der Waals surface area contributed by atoms with Crippen LogP contribution in [0.5, 0.6) is 0 Å². The van der Waals surface area contributed by atoms with E-state index in [9.17, 15) is 0 Å². The number of hydrogen-bond donors (Lipinski definition) is 0. The molecule has 1 heterocycles. The van der Waals surface area contributed by atoms with Gasteiger partial charge in [-0.3, -0.25) is 0 Å². The van der Waals surface area contributed by atoms with Crippen LogP contribution in [0.25, 0.3) is 0 Å². The van der Waals surface area contributed by atoms with Gasteiger partial charge in [-0.2, -0.15) is 0 Å². The summed E-state index contributed by atoms with van der Waals surface area (Å²) in [6, 6.07) is 0. The van der Waals surface area contributed by atoms with Gasteiger partial charge in [-0.15, -0.1) is 0 Å². The first-order valence-electron chi connectivity index (χ1n) is 6.33. The summed E-state index contributed by atoms with van der Waals surface area (Å²) in [6.45, 7) is 10.0. The minimum absolute atomic E-state index is 0.347. The van der Waals surface area contributed by atoms with Crippen molar-refractivity contribution in [2.75, 3.05) is 13.2 Å². The molecule has 0 unspecified atom stereocenters. The molecule has 1 saturated heterocycles. The molecule has 0 aromatic carbocycles. The third-order valence-electron chi connectivity index (χ3n) is 3.30. The second-order valence-corrected chi connectivity index (χ2v) is 5.08. The zero-order valence-corrected chi connectivity index (χ0v) is 10.7. The zero-order chi connectivity index (χ0) is 12.7. The molecule has 0 amide bonds. The van der Waals surface area contributed by atoms with Crippen LogP contribution < -0.4 is 0 Å². The van der Waals surface area contributed by atoms with Gasteiger partial charge >= 0.3 is 11.3 Å². The molecule has 0 radical (unpaired) electrons. The average Bonchev–Trinajstić information content (AvgIpc) is 2.37. The van der Waals surface area contributed by atoms with E-state index in [1.54, 1.807) is 0 Å². The molecule has 0 N–H and O–H groups in total. The van der Waals surface area contributed by atoms with Crippen LogP contribution in [0.2, 0.25) is 0 Å². The van der Waals surface area contributed by atoms with Crippen LogP contribution in [0.3, 0.4) is 0 Å². The van der Waals surface area contributed by atoms with Gasteiger partial charge in [0, 0.05) is 5.92 Å². The van der Waals surface area contributed by atoms with E-state index in [0.29, 0.717) is 12.0 Å². The van der Waals surface area contributed by atoms with Crippen molar-refractivity contribution in [1.82, 2.24) is 0 Å². The van der Waals surface area contributed by atoms with Gasteiger partial charge < -0.3 is 14.2 Å². The van der Waals surface area contributed by atoms with Gasteiger partial charge in [0.1, 0.15) is 0 Å². The summed E-state index contributed by atoms with van der Waals surface area (Å²) in [5.41, 5.74) is 0. The molecular formula is C13H22O4. The molecule has 4 heteroatoms. The third-order valence-corrected chi connectivity index (χ3v) is 3.30. The molecule has 98 valence electrons. The van der Waals surface area contributed by atoms with Crippen molar-refractivity contribution < 1.29 is 18.9 Å². The first-order valence-corrected chi connectivity index (χ1v) is 6.33. The molecule has 2 fully saturated rings. The summed E-state index contributed by atoms with van der Waals surface area (Å²) >= 11 is 0. The second-order valence-electron chi connectivity index (χ2n) is 5.08. The maximum atomic E-state index is 7.50. The quantitative estimate of drug-likeness (QED) is 0.552. The van der Waals surface area contributed by atoms with E-state index in [4.69, 9.17) is 18.9 Å². The van der Waals surface area contributed by atoms with Crippen LogP contribution >= 0.6 is 0 Å². The van der Waals surface area contributed by atoms with Crippen molar-refractivity contribution in [3.63, 3.8) is 0 Å². The first kappa shape index (κ1) is 14.7. The van der Waals surface area contributed by atoms with E-state index in [1.165, 1.54) is 12.8 Å². The molecule has 1 aliphatic heterocycles. The predicted molar refractivity (Wildman–Crippen MR) is 61.3 cm³/mol. The van der Waals surface area contributed by atoms with E-state index >= 15 is 0 Å². The maximum absolute atomic E-state index is 7.50. The monoisotopic (exact) mass is 242 g/mol. The van der Waals surface area contributed by atoms with E-state index in [0.717, 1.165) is 32.0 Å². The van der Waals surface area contributed by atoms with Crippen LogP contribution in [0.15, 0.2) is 0 Å².